The first kappa shape index (κ1) is 17.7. The maximum Gasteiger partial charge on any atom is 0.191 e. The molecule has 2 rings (SSSR count). The van der Waals surface area contributed by atoms with Gasteiger partial charge >= 0.3 is 0 Å². The summed E-state index contributed by atoms with van der Waals surface area (Å²) in [6.07, 6.45) is 0.888. The highest BCUT2D eigenvalue weighted by molar-refractivity contribution is 9.10. The van der Waals surface area contributed by atoms with Crippen molar-refractivity contribution in [2.75, 3.05) is 26.7 Å². The molecule has 0 saturated heterocycles. The van der Waals surface area contributed by atoms with Crippen LogP contribution in [0.15, 0.2) is 39.1 Å². The Bertz CT molecular complexity index is 645. The lowest BCUT2D eigenvalue weighted by atomic mass is 10.3. The molecule has 0 saturated carbocycles. The SMILES string of the molecule is CN=C(NCCOc1cccc(Br)c1)NCCc1csc(C)n1. The molecule has 23 heavy (non-hydrogen) atoms. The van der Waals surface area contributed by atoms with Crippen molar-refractivity contribution >= 4 is 33.2 Å². The van der Waals surface area contributed by atoms with Crippen LogP contribution in [0.4, 0.5) is 0 Å². The van der Waals surface area contributed by atoms with E-state index < -0.39 is 0 Å². The third-order valence-electron chi connectivity index (χ3n) is 3.02. The summed E-state index contributed by atoms with van der Waals surface area (Å²) in [5.74, 6) is 1.62. The van der Waals surface area contributed by atoms with Gasteiger partial charge in [0.1, 0.15) is 12.4 Å². The van der Waals surface area contributed by atoms with E-state index in [0.29, 0.717) is 13.2 Å². The maximum absolute atomic E-state index is 5.67. The van der Waals surface area contributed by atoms with E-state index in [1.54, 1.807) is 18.4 Å². The summed E-state index contributed by atoms with van der Waals surface area (Å²) in [5, 5.41) is 9.71. The van der Waals surface area contributed by atoms with E-state index in [1.807, 2.05) is 31.2 Å². The van der Waals surface area contributed by atoms with Crippen molar-refractivity contribution in [2.24, 2.45) is 4.99 Å². The van der Waals surface area contributed by atoms with Crippen LogP contribution in [0.25, 0.3) is 0 Å². The molecule has 7 heteroatoms. The number of ether oxygens (including phenoxy) is 1. The molecule has 0 radical (unpaired) electrons. The van der Waals surface area contributed by atoms with Gasteiger partial charge < -0.3 is 15.4 Å². The number of guanidine groups is 1. The van der Waals surface area contributed by atoms with E-state index in [9.17, 15) is 0 Å². The normalized spacial score (nSPS) is 11.3. The number of aliphatic imine (C=N–C) groups is 1. The minimum Gasteiger partial charge on any atom is -0.492 e. The summed E-state index contributed by atoms with van der Waals surface area (Å²) in [7, 11) is 1.76. The highest BCUT2D eigenvalue weighted by atomic mass is 79.9. The Labute approximate surface area is 149 Å². The number of nitrogens with one attached hydrogen (secondary N) is 2. The Balaban J connectivity index is 1.63. The summed E-state index contributed by atoms with van der Waals surface area (Å²) in [4.78, 5) is 8.64. The van der Waals surface area contributed by atoms with Crippen LogP contribution >= 0.6 is 27.3 Å². The zero-order valence-corrected chi connectivity index (χ0v) is 15.7. The van der Waals surface area contributed by atoms with Crippen molar-refractivity contribution in [1.82, 2.24) is 15.6 Å². The van der Waals surface area contributed by atoms with E-state index in [4.69, 9.17) is 4.74 Å². The number of aryl methyl sites for hydroxylation is 1. The lowest BCUT2D eigenvalue weighted by molar-refractivity contribution is 0.321. The fraction of sp³-hybridized carbons (Fsp3) is 0.375. The Morgan fingerprint density at radius 2 is 2.17 bits per heavy atom. The summed E-state index contributed by atoms with van der Waals surface area (Å²) in [6.45, 7) is 4.08. The van der Waals surface area contributed by atoms with Gasteiger partial charge in [0.05, 0.1) is 17.2 Å². The number of hydrogen-bond acceptors (Lipinski definition) is 4. The third-order valence-corrected chi connectivity index (χ3v) is 4.34. The molecule has 5 nitrogen and oxygen atoms in total. The van der Waals surface area contributed by atoms with Gasteiger partial charge in [0.2, 0.25) is 0 Å². The molecule has 0 aliphatic heterocycles. The molecule has 1 aromatic carbocycles. The van der Waals surface area contributed by atoms with E-state index in [1.165, 1.54) is 0 Å². The molecule has 2 N–H and O–H groups in total. The number of hydrogen-bond donors (Lipinski definition) is 2. The maximum atomic E-state index is 5.67. The second-order valence-electron chi connectivity index (χ2n) is 4.84. The molecule has 0 aliphatic rings. The first-order valence-electron chi connectivity index (χ1n) is 7.41. The third kappa shape index (κ3) is 6.58. The van der Waals surface area contributed by atoms with E-state index in [2.05, 4.69) is 41.9 Å². The van der Waals surface area contributed by atoms with Crippen LogP contribution in [0.5, 0.6) is 5.75 Å². The number of aromatic nitrogens is 1. The number of thiazole rings is 1. The molecule has 1 aromatic heterocycles. The molecule has 0 bridgehead atoms. The summed E-state index contributed by atoms with van der Waals surface area (Å²) in [5.41, 5.74) is 1.12. The molecule has 0 unspecified atom stereocenters. The highest BCUT2D eigenvalue weighted by Crippen LogP contribution is 2.17. The molecule has 0 spiro atoms. The van der Waals surface area contributed by atoms with Gasteiger partial charge in [-0.15, -0.1) is 11.3 Å². The highest BCUT2D eigenvalue weighted by Gasteiger charge is 2.01. The van der Waals surface area contributed by atoms with Crippen molar-refractivity contribution in [3.05, 3.63) is 44.8 Å². The van der Waals surface area contributed by atoms with Gasteiger partial charge in [0.15, 0.2) is 5.96 Å². The van der Waals surface area contributed by atoms with Gasteiger partial charge in [0.25, 0.3) is 0 Å². The second kappa shape index (κ2) is 9.52. The van der Waals surface area contributed by atoms with Crippen molar-refractivity contribution in [2.45, 2.75) is 13.3 Å². The van der Waals surface area contributed by atoms with Gasteiger partial charge in [-0.25, -0.2) is 4.98 Å². The topological polar surface area (TPSA) is 58.5 Å². The van der Waals surface area contributed by atoms with Gasteiger partial charge in [-0.05, 0) is 25.1 Å². The lowest BCUT2D eigenvalue weighted by Gasteiger charge is -2.12. The van der Waals surface area contributed by atoms with Crippen molar-refractivity contribution in [1.29, 1.82) is 0 Å². The first-order chi connectivity index (χ1) is 11.2. The Hall–Kier alpha value is -1.60. The predicted octanol–water partition coefficient (Wildman–Crippen LogP) is 3.00. The number of benzene rings is 1. The smallest absolute Gasteiger partial charge is 0.191 e. The molecule has 1 heterocycles. The molecular weight excluding hydrogens is 376 g/mol. The van der Waals surface area contributed by atoms with Gasteiger partial charge in [-0.3, -0.25) is 4.99 Å². The second-order valence-corrected chi connectivity index (χ2v) is 6.82. The van der Waals surface area contributed by atoms with E-state index in [0.717, 1.165) is 39.8 Å². The monoisotopic (exact) mass is 396 g/mol. The van der Waals surface area contributed by atoms with E-state index >= 15 is 0 Å². The van der Waals surface area contributed by atoms with Crippen LogP contribution in [-0.4, -0.2) is 37.7 Å². The average molecular weight is 397 g/mol. The zero-order chi connectivity index (χ0) is 16.5. The number of nitrogens with zero attached hydrogens (tertiary/aromatic N) is 2. The van der Waals surface area contributed by atoms with E-state index in [-0.39, 0.29) is 0 Å². The largest absolute Gasteiger partial charge is 0.492 e. The quantitative estimate of drug-likeness (QED) is 0.429. The molecule has 0 fully saturated rings. The molecule has 124 valence electrons. The van der Waals surface area contributed by atoms with Crippen LogP contribution in [0.1, 0.15) is 10.7 Å². The van der Waals surface area contributed by atoms with Crippen molar-refractivity contribution in [3.63, 3.8) is 0 Å². The number of rotatable bonds is 7. The minimum absolute atomic E-state index is 0.572. The Morgan fingerprint density at radius 3 is 2.87 bits per heavy atom. The molecular formula is C16H21BrN4OS. The Morgan fingerprint density at radius 1 is 1.35 bits per heavy atom. The standard InChI is InChI=1S/C16H21BrN4OS/c1-12-21-14(11-23-12)6-7-19-16(18-2)20-8-9-22-15-5-3-4-13(17)10-15/h3-5,10-11H,6-9H2,1-2H3,(H2,18,19,20). The molecule has 0 atom stereocenters. The fourth-order valence-electron chi connectivity index (χ4n) is 1.95. The van der Waals surface area contributed by atoms with Gasteiger partial charge in [0, 0.05) is 29.9 Å². The molecule has 0 amide bonds. The van der Waals surface area contributed by atoms with Gasteiger partial charge in [-0.1, -0.05) is 22.0 Å². The van der Waals surface area contributed by atoms with Crippen molar-refractivity contribution in [3.8, 4) is 5.75 Å². The molecule has 2 aromatic rings. The average Bonchev–Trinajstić information content (AvgIpc) is 2.95. The van der Waals surface area contributed by atoms with Crippen LogP contribution in [0, 0.1) is 6.92 Å². The fourth-order valence-corrected chi connectivity index (χ4v) is 2.97. The summed E-state index contributed by atoms with van der Waals surface area (Å²) < 4.78 is 6.69. The predicted molar refractivity (Wildman–Crippen MR) is 99.6 cm³/mol. The van der Waals surface area contributed by atoms with Crippen molar-refractivity contribution < 1.29 is 4.74 Å². The first-order valence-corrected chi connectivity index (χ1v) is 9.08. The lowest BCUT2D eigenvalue weighted by Crippen LogP contribution is -2.40. The minimum atomic E-state index is 0.572. The summed E-state index contributed by atoms with van der Waals surface area (Å²) >= 11 is 5.11. The molecule has 0 aliphatic carbocycles. The van der Waals surface area contributed by atoms with Crippen LogP contribution in [0.3, 0.4) is 0 Å². The van der Waals surface area contributed by atoms with Crippen LogP contribution < -0.4 is 15.4 Å². The Kier molecular flexibility index (Phi) is 7.35. The van der Waals surface area contributed by atoms with Crippen LogP contribution in [0.2, 0.25) is 0 Å². The summed E-state index contributed by atoms with van der Waals surface area (Å²) in [6, 6.07) is 7.81. The zero-order valence-electron chi connectivity index (χ0n) is 13.3. The van der Waals surface area contributed by atoms with Crippen LogP contribution in [-0.2, 0) is 6.42 Å². The number of halogens is 1. The van der Waals surface area contributed by atoms with Gasteiger partial charge in [-0.2, -0.15) is 0 Å².